The SMILES string of the molecule is CCOC1(C(NC)C2=CCCO2)CCCCCC1. The van der Waals surface area contributed by atoms with Gasteiger partial charge in [-0.15, -0.1) is 0 Å². The van der Waals surface area contributed by atoms with Gasteiger partial charge in [-0.2, -0.15) is 0 Å². The molecule has 1 unspecified atom stereocenters. The second-order valence-electron chi connectivity index (χ2n) is 5.38. The molecule has 1 aliphatic carbocycles. The molecule has 0 aromatic heterocycles. The largest absolute Gasteiger partial charge is 0.496 e. The molecule has 1 N–H and O–H groups in total. The quantitative estimate of drug-likeness (QED) is 0.764. The average molecular weight is 253 g/mol. The molecule has 0 radical (unpaired) electrons. The highest BCUT2D eigenvalue weighted by molar-refractivity contribution is 5.15. The Morgan fingerprint density at radius 3 is 2.56 bits per heavy atom. The maximum Gasteiger partial charge on any atom is 0.112 e. The van der Waals surface area contributed by atoms with Gasteiger partial charge in [0.25, 0.3) is 0 Å². The van der Waals surface area contributed by atoms with Gasteiger partial charge in [0.05, 0.1) is 18.2 Å². The normalized spacial score (nSPS) is 25.1. The fourth-order valence-corrected chi connectivity index (χ4v) is 3.43. The van der Waals surface area contributed by atoms with Crippen LogP contribution < -0.4 is 5.32 Å². The molecule has 3 heteroatoms. The number of likely N-dealkylation sites (N-methyl/N-ethyl adjacent to an activating group) is 1. The van der Waals surface area contributed by atoms with E-state index in [0.717, 1.165) is 38.2 Å². The lowest BCUT2D eigenvalue weighted by atomic mass is 9.84. The van der Waals surface area contributed by atoms with Crippen LogP contribution >= 0.6 is 0 Å². The monoisotopic (exact) mass is 253 g/mol. The molecule has 1 saturated carbocycles. The number of hydrogen-bond donors (Lipinski definition) is 1. The zero-order valence-corrected chi connectivity index (χ0v) is 11.8. The molecule has 0 aromatic rings. The molecule has 2 aliphatic rings. The van der Waals surface area contributed by atoms with Crippen LogP contribution in [-0.4, -0.2) is 31.9 Å². The third-order valence-corrected chi connectivity index (χ3v) is 4.21. The molecule has 0 aromatic carbocycles. The predicted octanol–water partition coefficient (Wildman–Crippen LogP) is 3.01. The third kappa shape index (κ3) is 2.89. The van der Waals surface area contributed by atoms with Crippen molar-refractivity contribution in [2.24, 2.45) is 0 Å². The highest BCUT2D eigenvalue weighted by Crippen LogP contribution is 2.37. The Hall–Kier alpha value is -0.540. The number of nitrogens with one attached hydrogen (secondary N) is 1. The third-order valence-electron chi connectivity index (χ3n) is 4.21. The highest BCUT2D eigenvalue weighted by atomic mass is 16.5. The number of hydrogen-bond acceptors (Lipinski definition) is 3. The Labute approximate surface area is 111 Å². The van der Waals surface area contributed by atoms with Crippen LogP contribution in [0, 0.1) is 0 Å². The first kappa shape index (κ1) is 13.9. The molecule has 0 spiro atoms. The summed E-state index contributed by atoms with van der Waals surface area (Å²) in [5.41, 5.74) is -0.0594. The van der Waals surface area contributed by atoms with Crippen LogP contribution in [0.3, 0.4) is 0 Å². The van der Waals surface area contributed by atoms with Crippen molar-refractivity contribution in [1.29, 1.82) is 0 Å². The molecular formula is C15H27NO2. The Morgan fingerprint density at radius 1 is 1.33 bits per heavy atom. The molecular weight excluding hydrogens is 226 g/mol. The van der Waals surface area contributed by atoms with Crippen molar-refractivity contribution in [3.63, 3.8) is 0 Å². The molecule has 1 atom stereocenters. The van der Waals surface area contributed by atoms with Crippen LogP contribution in [-0.2, 0) is 9.47 Å². The summed E-state index contributed by atoms with van der Waals surface area (Å²) in [5.74, 6) is 1.10. The first-order valence-electron chi connectivity index (χ1n) is 7.46. The lowest BCUT2D eigenvalue weighted by Crippen LogP contribution is -2.52. The lowest BCUT2D eigenvalue weighted by Gasteiger charge is -2.40. The molecule has 2 rings (SSSR count). The zero-order chi connectivity index (χ0) is 12.8. The van der Waals surface area contributed by atoms with Crippen LogP contribution in [0.2, 0.25) is 0 Å². The van der Waals surface area contributed by atoms with E-state index >= 15 is 0 Å². The highest BCUT2D eigenvalue weighted by Gasteiger charge is 2.42. The summed E-state index contributed by atoms with van der Waals surface area (Å²) in [4.78, 5) is 0. The van der Waals surface area contributed by atoms with Gasteiger partial charge in [-0.3, -0.25) is 0 Å². The van der Waals surface area contributed by atoms with Crippen LogP contribution in [0.25, 0.3) is 0 Å². The second-order valence-corrected chi connectivity index (χ2v) is 5.38. The Morgan fingerprint density at radius 2 is 2.06 bits per heavy atom. The van der Waals surface area contributed by atoms with Gasteiger partial charge < -0.3 is 14.8 Å². The number of rotatable bonds is 5. The van der Waals surface area contributed by atoms with Crippen molar-refractivity contribution in [2.75, 3.05) is 20.3 Å². The Kier molecular flexibility index (Phi) is 5.07. The van der Waals surface area contributed by atoms with Gasteiger partial charge in [-0.05, 0) is 32.9 Å². The van der Waals surface area contributed by atoms with Crippen molar-refractivity contribution in [3.8, 4) is 0 Å². The van der Waals surface area contributed by atoms with Crippen molar-refractivity contribution >= 4 is 0 Å². The van der Waals surface area contributed by atoms with E-state index in [0.29, 0.717) is 0 Å². The van der Waals surface area contributed by atoms with Crippen LogP contribution in [0.5, 0.6) is 0 Å². The van der Waals surface area contributed by atoms with Gasteiger partial charge in [0.2, 0.25) is 0 Å². The average Bonchev–Trinajstić information content (AvgIpc) is 2.78. The minimum atomic E-state index is -0.0594. The van der Waals surface area contributed by atoms with Crippen molar-refractivity contribution in [3.05, 3.63) is 11.8 Å². The lowest BCUT2D eigenvalue weighted by molar-refractivity contribution is -0.0761. The fraction of sp³-hybridized carbons (Fsp3) is 0.867. The van der Waals surface area contributed by atoms with Gasteiger partial charge >= 0.3 is 0 Å². The maximum atomic E-state index is 6.23. The van der Waals surface area contributed by atoms with E-state index < -0.39 is 0 Å². The Bertz CT molecular complexity index is 280. The van der Waals surface area contributed by atoms with Gasteiger partial charge in [0.15, 0.2) is 0 Å². The summed E-state index contributed by atoms with van der Waals surface area (Å²) < 4.78 is 12.0. The maximum absolute atomic E-state index is 6.23. The molecule has 104 valence electrons. The van der Waals surface area contributed by atoms with Gasteiger partial charge in [-0.25, -0.2) is 0 Å². The molecule has 0 amide bonds. The van der Waals surface area contributed by atoms with E-state index in [1.807, 2.05) is 7.05 Å². The number of ether oxygens (including phenoxy) is 2. The predicted molar refractivity (Wildman–Crippen MR) is 73.6 cm³/mol. The minimum Gasteiger partial charge on any atom is -0.496 e. The van der Waals surface area contributed by atoms with E-state index in [1.54, 1.807) is 0 Å². The van der Waals surface area contributed by atoms with Crippen molar-refractivity contribution in [1.82, 2.24) is 5.32 Å². The van der Waals surface area contributed by atoms with Crippen LogP contribution in [0.15, 0.2) is 11.8 Å². The first-order valence-corrected chi connectivity index (χ1v) is 7.46. The second kappa shape index (κ2) is 6.58. The summed E-state index contributed by atoms with van der Waals surface area (Å²) in [5, 5.41) is 3.45. The van der Waals surface area contributed by atoms with E-state index in [1.165, 1.54) is 25.7 Å². The molecule has 0 bridgehead atoms. The summed E-state index contributed by atoms with van der Waals surface area (Å²) in [6, 6.07) is 0.220. The van der Waals surface area contributed by atoms with Crippen LogP contribution in [0.1, 0.15) is 51.9 Å². The van der Waals surface area contributed by atoms with E-state index in [9.17, 15) is 0 Å². The summed E-state index contributed by atoms with van der Waals surface area (Å²) in [6.07, 6.45) is 10.8. The molecule has 0 saturated heterocycles. The summed E-state index contributed by atoms with van der Waals surface area (Å²) >= 11 is 0. The standard InChI is InChI=1S/C15H27NO2/c1-3-18-15(10-6-4-5-7-11-15)14(16-2)13-9-8-12-17-13/h9,14,16H,3-8,10-12H2,1-2H3. The van der Waals surface area contributed by atoms with E-state index in [2.05, 4.69) is 18.3 Å². The smallest absolute Gasteiger partial charge is 0.112 e. The first-order chi connectivity index (χ1) is 8.82. The van der Waals surface area contributed by atoms with Gasteiger partial charge in [0, 0.05) is 13.0 Å². The van der Waals surface area contributed by atoms with Gasteiger partial charge in [-0.1, -0.05) is 25.7 Å². The van der Waals surface area contributed by atoms with E-state index in [4.69, 9.17) is 9.47 Å². The van der Waals surface area contributed by atoms with E-state index in [-0.39, 0.29) is 11.6 Å². The van der Waals surface area contributed by atoms with Crippen LogP contribution in [0.4, 0.5) is 0 Å². The fourth-order valence-electron chi connectivity index (χ4n) is 3.43. The molecule has 18 heavy (non-hydrogen) atoms. The molecule has 1 heterocycles. The summed E-state index contributed by atoms with van der Waals surface area (Å²) in [6.45, 7) is 3.71. The summed E-state index contributed by atoms with van der Waals surface area (Å²) in [7, 11) is 2.03. The zero-order valence-electron chi connectivity index (χ0n) is 11.8. The topological polar surface area (TPSA) is 30.5 Å². The Balaban J connectivity index is 2.19. The molecule has 1 fully saturated rings. The minimum absolute atomic E-state index is 0.0594. The molecule has 1 aliphatic heterocycles. The van der Waals surface area contributed by atoms with Crippen molar-refractivity contribution in [2.45, 2.75) is 63.5 Å². The van der Waals surface area contributed by atoms with Gasteiger partial charge in [0.1, 0.15) is 5.76 Å². The molecule has 3 nitrogen and oxygen atoms in total. The van der Waals surface area contributed by atoms with Crippen molar-refractivity contribution < 1.29 is 9.47 Å².